The van der Waals surface area contributed by atoms with Gasteiger partial charge in [-0.2, -0.15) is 0 Å². The molecule has 0 saturated carbocycles. The van der Waals surface area contributed by atoms with Crippen LogP contribution in [0.25, 0.3) is 87.2 Å². The van der Waals surface area contributed by atoms with Gasteiger partial charge in [0.25, 0.3) is 0 Å². The summed E-state index contributed by atoms with van der Waals surface area (Å²) in [6.45, 7) is 0. The summed E-state index contributed by atoms with van der Waals surface area (Å²) >= 11 is 0. The second-order valence-electron chi connectivity index (χ2n) is 13.6. The topological polar surface area (TPSA) is 0 Å². The Labute approximate surface area is 300 Å². The number of hydrogen-bond acceptors (Lipinski definition) is 0. The van der Waals surface area contributed by atoms with Crippen molar-refractivity contribution in [3.05, 3.63) is 194 Å². The molecule has 238 valence electrons. The lowest BCUT2D eigenvalue weighted by Crippen LogP contribution is -2.26. The Morgan fingerprint density at radius 3 is 1.67 bits per heavy atom. The predicted molar refractivity (Wildman–Crippen MR) is 225 cm³/mol. The zero-order valence-electron chi connectivity index (χ0n) is 28.2. The van der Waals surface area contributed by atoms with E-state index in [-0.39, 0.29) is 0 Å². The summed E-state index contributed by atoms with van der Waals surface area (Å²) in [6.07, 6.45) is 0. The second-order valence-corrected chi connectivity index (χ2v) is 15.6. The van der Waals surface area contributed by atoms with E-state index in [0.29, 0.717) is 0 Å². The highest BCUT2D eigenvalue weighted by Crippen LogP contribution is 2.46. The summed E-state index contributed by atoms with van der Waals surface area (Å²) < 4.78 is 0. The van der Waals surface area contributed by atoms with Gasteiger partial charge in [0.05, 0.1) is 9.52 Å². The van der Waals surface area contributed by atoms with E-state index in [4.69, 9.17) is 0 Å². The smallest absolute Gasteiger partial charge is 0.0633 e. The molecule has 0 aliphatic heterocycles. The zero-order valence-corrected chi connectivity index (χ0v) is 29.6. The number of benzene rings is 10. The van der Waals surface area contributed by atoms with Gasteiger partial charge in [0.1, 0.15) is 0 Å². The summed E-state index contributed by atoms with van der Waals surface area (Å²) in [7, 11) is -0.665. The van der Waals surface area contributed by atoms with Crippen LogP contribution in [0.5, 0.6) is 0 Å². The van der Waals surface area contributed by atoms with E-state index in [0.717, 1.165) is 0 Å². The first-order chi connectivity index (χ1) is 25.3. The van der Waals surface area contributed by atoms with Gasteiger partial charge in [-0.15, -0.1) is 0 Å². The molecule has 1 heteroatoms. The maximum absolute atomic E-state index is 2.52. The molecule has 0 fully saturated rings. The molecule has 51 heavy (non-hydrogen) atoms. The highest BCUT2D eigenvalue weighted by Gasteiger charge is 2.19. The number of hydrogen-bond donors (Lipinski definition) is 0. The Hall–Kier alpha value is -6.28. The molecule has 0 aromatic heterocycles. The predicted octanol–water partition coefficient (Wildman–Crippen LogP) is 11.6. The molecule has 0 aliphatic rings. The van der Waals surface area contributed by atoms with Gasteiger partial charge >= 0.3 is 0 Å². The Balaban J connectivity index is 1.27. The minimum absolute atomic E-state index is 0.665. The summed E-state index contributed by atoms with van der Waals surface area (Å²) in [5, 5.41) is 15.8. The van der Waals surface area contributed by atoms with Crippen LogP contribution in [0.3, 0.4) is 0 Å². The van der Waals surface area contributed by atoms with Gasteiger partial charge in [0, 0.05) is 0 Å². The van der Waals surface area contributed by atoms with Gasteiger partial charge in [-0.3, -0.25) is 0 Å². The molecule has 10 aromatic rings. The first-order valence-corrected chi connectivity index (χ1v) is 19.2. The van der Waals surface area contributed by atoms with Crippen LogP contribution in [0.2, 0.25) is 0 Å². The molecule has 0 spiro atoms. The first-order valence-electron chi connectivity index (χ1n) is 17.8. The van der Waals surface area contributed by atoms with Crippen LogP contribution in [0, 0.1) is 0 Å². The van der Waals surface area contributed by atoms with Crippen molar-refractivity contribution < 1.29 is 0 Å². The third kappa shape index (κ3) is 5.05. The third-order valence-corrected chi connectivity index (χ3v) is 12.4. The molecule has 10 rings (SSSR count). The van der Waals surface area contributed by atoms with Gasteiger partial charge < -0.3 is 0 Å². The van der Waals surface area contributed by atoms with Gasteiger partial charge in [0.15, 0.2) is 0 Å². The van der Waals surface area contributed by atoms with Crippen molar-refractivity contribution in [3.63, 3.8) is 0 Å². The van der Waals surface area contributed by atoms with Gasteiger partial charge in [0.2, 0.25) is 0 Å². The number of fused-ring (bicyclic) bond motifs is 6. The molecule has 0 bridgehead atoms. The molecule has 0 nitrogen and oxygen atoms in total. The molecule has 0 amide bonds. The fourth-order valence-corrected chi connectivity index (χ4v) is 9.87. The first kappa shape index (κ1) is 29.6. The van der Waals surface area contributed by atoms with Crippen molar-refractivity contribution in [2.75, 3.05) is 0 Å². The van der Waals surface area contributed by atoms with Crippen LogP contribution in [0.15, 0.2) is 194 Å². The van der Waals surface area contributed by atoms with E-state index in [1.165, 1.54) is 97.6 Å². The molecule has 0 radical (unpaired) electrons. The van der Waals surface area contributed by atoms with E-state index in [1.54, 1.807) is 0 Å². The van der Waals surface area contributed by atoms with E-state index in [9.17, 15) is 0 Å². The average molecular weight is 663 g/mol. The van der Waals surface area contributed by atoms with Crippen molar-refractivity contribution in [2.45, 2.75) is 0 Å². The largest absolute Gasteiger partial charge is 0.0875 e. The summed E-state index contributed by atoms with van der Waals surface area (Å²) in [6, 6.07) is 72.2. The quantitative estimate of drug-likeness (QED) is 0.0977. The molecule has 0 atom stereocenters. The van der Waals surface area contributed by atoms with Crippen LogP contribution < -0.4 is 10.4 Å². The maximum atomic E-state index is 2.52. The minimum Gasteiger partial charge on any atom is -0.0633 e. The van der Waals surface area contributed by atoms with Crippen LogP contribution in [-0.2, 0) is 0 Å². The monoisotopic (exact) mass is 662 g/mol. The highest BCUT2D eigenvalue weighted by molar-refractivity contribution is 6.67. The lowest BCUT2D eigenvalue weighted by Gasteiger charge is -2.20. The number of rotatable bonds is 5. The Kier molecular flexibility index (Phi) is 7.11. The van der Waals surface area contributed by atoms with Gasteiger partial charge in [-0.1, -0.05) is 192 Å². The summed E-state index contributed by atoms with van der Waals surface area (Å²) in [5.74, 6) is 0. The van der Waals surface area contributed by atoms with Gasteiger partial charge in [-0.25, -0.2) is 0 Å². The Morgan fingerprint density at radius 1 is 0.255 bits per heavy atom. The van der Waals surface area contributed by atoms with Crippen molar-refractivity contribution in [3.8, 4) is 33.4 Å². The van der Waals surface area contributed by atoms with E-state index < -0.39 is 9.52 Å². The molecule has 0 aliphatic carbocycles. The van der Waals surface area contributed by atoms with Crippen molar-refractivity contribution in [1.29, 1.82) is 0 Å². The van der Waals surface area contributed by atoms with Crippen LogP contribution >= 0.6 is 0 Å². The highest BCUT2D eigenvalue weighted by atomic mass is 28.2. The molecule has 0 N–H and O–H groups in total. The van der Waals surface area contributed by atoms with Crippen molar-refractivity contribution in [1.82, 2.24) is 0 Å². The maximum Gasteiger partial charge on any atom is 0.0875 e. The normalized spacial score (nSPS) is 11.8. The lowest BCUT2D eigenvalue weighted by atomic mass is 9.84. The fraction of sp³-hybridized carbons (Fsp3) is 0. The summed E-state index contributed by atoms with van der Waals surface area (Å²) in [5.41, 5.74) is 7.65. The van der Waals surface area contributed by atoms with Gasteiger partial charge in [-0.05, 0) is 99.4 Å². The summed E-state index contributed by atoms with van der Waals surface area (Å²) in [4.78, 5) is 0. The van der Waals surface area contributed by atoms with Crippen molar-refractivity contribution in [2.24, 2.45) is 0 Å². The Bertz CT molecular complexity index is 2930. The lowest BCUT2D eigenvalue weighted by molar-refractivity contribution is 1.64. The minimum atomic E-state index is -0.665. The zero-order chi connectivity index (χ0) is 33.7. The third-order valence-electron chi connectivity index (χ3n) is 10.6. The molecule has 0 saturated heterocycles. The van der Waals surface area contributed by atoms with Crippen LogP contribution in [0.1, 0.15) is 0 Å². The standard InChI is InChI=1S/C50H34Si/c1-2-19-37(20-3-1)51-38-28-29-46-48(32-38)50(43-27-13-16-33-14-4-6-21-39(33)43)45-26-11-10-25-44(45)49(46)36-18-12-17-34(30-36)47-31-35-15-5-7-22-40(35)41-23-8-9-24-42(41)47/h1-32H,51H2. The van der Waals surface area contributed by atoms with E-state index in [1.807, 2.05) is 0 Å². The molecular formula is C50H34Si. The van der Waals surface area contributed by atoms with Crippen molar-refractivity contribution >= 4 is 73.8 Å². The molecule has 0 heterocycles. The van der Waals surface area contributed by atoms with Crippen LogP contribution in [0.4, 0.5) is 0 Å². The van der Waals surface area contributed by atoms with Crippen LogP contribution in [-0.4, -0.2) is 9.52 Å². The molecule has 10 aromatic carbocycles. The Morgan fingerprint density at radius 2 is 0.843 bits per heavy atom. The van der Waals surface area contributed by atoms with E-state index >= 15 is 0 Å². The molecular weight excluding hydrogens is 629 g/mol. The average Bonchev–Trinajstić information content (AvgIpc) is 3.20. The van der Waals surface area contributed by atoms with E-state index in [2.05, 4.69) is 194 Å². The fourth-order valence-electron chi connectivity index (χ4n) is 8.35. The second kappa shape index (κ2) is 12.2. The SMILES string of the molecule is c1ccc([SiH2]c2ccc3c(-c4cccc(-c5cc6ccccc6c6ccccc56)c4)c4ccccc4c(-c4cccc5ccccc45)c3c2)cc1. The molecule has 0 unspecified atom stereocenters.